The maximum atomic E-state index is 13.4. The molecule has 2 heterocycles. The maximum Gasteiger partial charge on any atom is 0.261 e. The van der Waals surface area contributed by atoms with E-state index >= 15 is 0 Å². The zero-order valence-corrected chi connectivity index (χ0v) is 16.7. The number of fused-ring (bicyclic) bond motifs is 1. The third kappa shape index (κ3) is 3.39. The van der Waals surface area contributed by atoms with Crippen molar-refractivity contribution < 1.29 is 19.1 Å². The summed E-state index contributed by atoms with van der Waals surface area (Å²) in [6.45, 7) is 0.666. The first-order valence-electron chi connectivity index (χ1n) is 9.92. The molecule has 1 unspecified atom stereocenters. The number of rotatable bonds is 3. The van der Waals surface area contributed by atoms with E-state index in [-0.39, 0.29) is 23.8 Å². The lowest BCUT2D eigenvalue weighted by atomic mass is 9.99. The second-order valence-corrected chi connectivity index (χ2v) is 7.57. The number of carbonyl (C=O) groups is 3. The molecule has 6 heteroatoms. The highest BCUT2D eigenvalue weighted by Gasteiger charge is 2.34. The van der Waals surface area contributed by atoms with Gasteiger partial charge in [0.15, 0.2) is 0 Å². The summed E-state index contributed by atoms with van der Waals surface area (Å²) >= 11 is 0. The van der Waals surface area contributed by atoms with Crippen LogP contribution in [0, 0.1) is 0 Å². The standard InChI is InChI=1S/C23H24N2O4/c1-24-22(27)18-12-9-16(14-19(18)23(24)28)21(26)25-13-5-3-4-6-20(25)15-7-10-17(29-2)11-8-15/h7-12,14,20H,3-6,13H2,1-2H3. The molecule has 4 rings (SSSR count). The molecule has 0 aromatic heterocycles. The smallest absolute Gasteiger partial charge is 0.261 e. The molecule has 0 saturated carbocycles. The van der Waals surface area contributed by atoms with Crippen molar-refractivity contribution in [1.82, 2.24) is 9.80 Å². The number of likely N-dealkylation sites (tertiary alicyclic amines) is 1. The molecular formula is C23H24N2O4. The quantitative estimate of drug-likeness (QED) is 0.748. The van der Waals surface area contributed by atoms with Gasteiger partial charge in [-0.25, -0.2) is 0 Å². The Balaban J connectivity index is 1.66. The van der Waals surface area contributed by atoms with E-state index in [1.54, 1.807) is 25.3 Å². The fraction of sp³-hybridized carbons (Fsp3) is 0.348. The van der Waals surface area contributed by atoms with Crippen LogP contribution in [0.5, 0.6) is 5.75 Å². The minimum Gasteiger partial charge on any atom is -0.497 e. The summed E-state index contributed by atoms with van der Waals surface area (Å²) in [6.07, 6.45) is 3.98. The number of imide groups is 1. The largest absolute Gasteiger partial charge is 0.497 e. The van der Waals surface area contributed by atoms with Crippen LogP contribution >= 0.6 is 0 Å². The zero-order valence-electron chi connectivity index (χ0n) is 16.7. The third-order valence-electron chi connectivity index (χ3n) is 5.85. The second-order valence-electron chi connectivity index (χ2n) is 7.57. The second kappa shape index (κ2) is 7.70. The van der Waals surface area contributed by atoms with Crippen LogP contribution in [-0.4, -0.2) is 48.2 Å². The molecule has 2 aliphatic heterocycles. The fourth-order valence-electron chi connectivity index (χ4n) is 4.18. The lowest BCUT2D eigenvalue weighted by Crippen LogP contribution is -2.35. The first-order chi connectivity index (χ1) is 14.0. The van der Waals surface area contributed by atoms with E-state index in [1.165, 1.54) is 7.05 Å². The molecule has 2 aromatic carbocycles. The Morgan fingerprint density at radius 2 is 1.69 bits per heavy atom. The highest BCUT2D eigenvalue weighted by Crippen LogP contribution is 2.33. The van der Waals surface area contributed by atoms with Gasteiger partial charge in [-0.2, -0.15) is 0 Å². The van der Waals surface area contributed by atoms with E-state index in [0.717, 1.165) is 41.9 Å². The number of hydrogen-bond donors (Lipinski definition) is 0. The van der Waals surface area contributed by atoms with E-state index in [2.05, 4.69) is 0 Å². The van der Waals surface area contributed by atoms with Gasteiger partial charge in [0, 0.05) is 19.2 Å². The van der Waals surface area contributed by atoms with Gasteiger partial charge < -0.3 is 9.64 Å². The Labute approximate surface area is 170 Å². The number of amides is 3. The third-order valence-corrected chi connectivity index (χ3v) is 5.85. The molecule has 0 N–H and O–H groups in total. The number of nitrogens with zero attached hydrogens (tertiary/aromatic N) is 2. The Hall–Kier alpha value is -3.15. The molecule has 150 valence electrons. The van der Waals surface area contributed by atoms with Crippen molar-refractivity contribution in [1.29, 1.82) is 0 Å². The van der Waals surface area contributed by atoms with Gasteiger partial charge in [0.25, 0.3) is 17.7 Å². The summed E-state index contributed by atoms with van der Waals surface area (Å²) in [6, 6.07) is 12.6. The number of ether oxygens (including phenoxy) is 1. The number of benzene rings is 2. The van der Waals surface area contributed by atoms with Gasteiger partial charge in [-0.15, -0.1) is 0 Å². The summed E-state index contributed by atoms with van der Waals surface area (Å²) in [5.74, 6) is -0.00593. The Morgan fingerprint density at radius 3 is 2.41 bits per heavy atom. The van der Waals surface area contributed by atoms with Crippen LogP contribution in [0.2, 0.25) is 0 Å². The Bertz CT molecular complexity index is 967. The van der Waals surface area contributed by atoms with Crippen LogP contribution in [0.4, 0.5) is 0 Å². The van der Waals surface area contributed by atoms with E-state index in [9.17, 15) is 14.4 Å². The monoisotopic (exact) mass is 392 g/mol. The normalized spacial score (nSPS) is 19.2. The number of hydrogen-bond acceptors (Lipinski definition) is 4. The maximum absolute atomic E-state index is 13.4. The van der Waals surface area contributed by atoms with Gasteiger partial charge in [-0.1, -0.05) is 25.0 Å². The summed E-state index contributed by atoms with van der Waals surface area (Å²) in [7, 11) is 3.09. The van der Waals surface area contributed by atoms with Crippen molar-refractivity contribution in [2.24, 2.45) is 0 Å². The molecule has 0 bridgehead atoms. The molecule has 1 fully saturated rings. The van der Waals surface area contributed by atoms with Gasteiger partial charge in [0.05, 0.1) is 24.3 Å². The average molecular weight is 392 g/mol. The molecule has 1 atom stereocenters. The van der Waals surface area contributed by atoms with Crippen molar-refractivity contribution in [3.05, 3.63) is 64.7 Å². The highest BCUT2D eigenvalue weighted by molar-refractivity contribution is 6.21. The SMILES string of the molecule is COc1ccc(C2CCCCCN2C(=O)c2ccc3c(c2)C(=O)N(C)C3=O)cc1. The van der Waals surface area contributed by atoms with Gasteiger partial charge in [-0.05, 0) is 48.7 Å². The molecule has 0 aliphatic carbocycles. The topological polar surface area (TPSA) is 66.9 Å². The van der Waals surface area contributed by atoms with Crippen molar-refractivity contribution >= 4 is 17.7 Å². The van der Waals surface area contributed by atoms with Gasteiger partial charge in [-0.3, -0.25) is 19.3 Å². The fourth-order valence-corrected chi connectivity index (χ4v) is 4.18. The summed E-state index contributed by atoms with van der Waals surface area (Å²) in [5.41, 5.74) is 2.18. The first kappa shape index (κ1) is 19.2. The predicted molar refractivity (Wildman–Crippen MR) is 108 cm³/mol. The molecule has 3 amide bonds. The summed E-state index contributed by atoms with van der Waals surface area (Å²) < 4.78 is 5.25. The molecule has 2 aromatic rings. The minimum absolute atomic E-state index is 0.0239. The van der Waals surface area contributed by atoms with Crippen LogP contribution in [0.15, 0.2) is 42.5 Å². The average Bonchev–Trinajstić information content (AvgIpc) is 2.93. The van der Waals surface area contributed by atoms with E-state index in [0.29, 0.717) is 23.2 Å². The van der Waals surface area contributed by atoms with Gasteiger partial charge in [0.2, 0.25) is 0 Å². The Kier molecular flexibility index (Phi) is 5.09. The van der Waals surface area contributed by atoms with Crippen LogP contribution in [0.3, 0.4) is 0 Å². The molecule has 2 aliphatic rings. The first-order valence-corrected chi connectivity index (χ1v) is 9.92. The minimum atomic E-state index is -0.359. The number of carbonyl (C=O) groups excluding carboxylic acids is 3. The summed E-state index contributed by atoms with van der Waals surface area (Å²) in [5, 5.41) is 0. The molecule has 6 nitrogen and oxygen atoms in total. The molecule has 0 spiro atoms. The van der Waals surface area contributed by atoms with Crippen molar-refractivity contribution in [3.63, 3.8) is 0 Å². The van der Waals surface area contributed by atoms with Gasteiger partial charge in [0.1, 0.15) is 5.75 Å². The van der Waals surface area contributed by atoms with Crippen LogP contribution < -0.4 is 4.74 Å². The van der Waals surface area contributed by atoms with Gasteiger partial charge >= 0.3 is 0 Å². The molecular weight excluding hydrogens is 368 g/mol. The lowest BCUT2D eigenvalue weighted by molar-refractivity contribution is 0.0677. The van der Waals surface area contributed by atoms with E-state index in [4.69, 9.17) is 4.74 Å². The highest BCUT2D eigenvalue weighted by atomic mass is 16.5. The predicted octanol–water partition coefficient (Wildman–Crippen LogP) is 3.68. The lowest BCUT2D eigenvalue weighted by Gasteiger charge is -2.31. The molecule has 0 radical (unpaired) electrons. The molecule has 1 saturated heterocycles. The number of methoxy groups -OCH3 is 1. The molecule has 29 heavy (non-hydrogen) atoms. The Morgan fingerprint density at radius 1 is 0.966 bits per heavy atom. The zero-order chi connectivity index (χ0) is 20.5. The van der Waals surface area contributed by atoms with Crippen LogP contribution in [-0.2, 0) is 0 Å². The summed E-state index contributed by atoms with van der Waals surface area (Å²) in [4.78, 5) is 40.9. The van der Waals surface area contributed by atoms with Crippen molar-refractivity contribution in [2.45, 2.75) is 31.7 Å². The van der Waals surface area contributed by atoms with Crippen molar-refractivity contribution in [2.75, 3.05) is 20.7 Å². The van der Waals surface area contributed by atoms with Crippen LogP contribution in [0.1, 0.15) is 68.4 Å². The van der Waals surface area contributed by atoms with Crippen LogP contribution in [0.25, 0.3) is 0 Å². The van der Waals surface area contributed by atoms with Crippen molar-refractivity contribution in [3.8, 4) is 5.75 Å². The van der Waals surface area contributed by atoms with E-state index < -0.39 is 0 Å². The van der Waals surface area contributed by atoms with E-state index in [1.807, 2.05) is 29.2 Å².